The molecule has 2 fully saturated rings. The van der Waals surface area contributed by atoms with Gasteiger partial charge in [0.15, 0.2) is 0 Å². The molecule has 0 amide bonds. The van der Waals surface area contributed by atoms with Crippen LogP contribution >= 0.6 is 0 Å². The second kappa shape index (κ2) is 8.25. The second-order valence-corrected chi connectivity index (χ2v) is 9.19. The minimum absolute atomic E-state index is 0.265. The average Bonchev–Trinajstić information content (AvgIpc) is 3.19. The van der Waals surface area contributed by atoms with E-state index in [2.05, 4.69) is 0 Å². The van der Waals surface area contributed by atoms with Crippen LogP contribution in [0.5, 0.6) is 0 Å². The molecule has 1 saturated heterocycles. The Bertz CT molecular complexity index is 298. The molecule has 6 nitrogen and oxygen atoms in total. The van der Waals surface area contributed by atoms with Crippen LogP contribution in [-0.2, 0) is 18.0 Å². The minimum atomic E-state index is -2.35. The predicted octanol–water partition coefficient (Wildman–Crippen LogP) is 0.852. The van der Waals surface area contributed by atoms with Gasteiger partial charge in [0.1, 0.15) is 10.2 Å². The van der Waals surface area contributed by atoms with Crippen LogP contribution < -0.4 is 0 Å². The molecule has 0 radical (unpaired) electrons. The number of epoxide rings is 1. The zero-order valence-electron chi connectivity index (χ0n) is 12.8. The smallest absolute Gasteiger partial charge is 0.486 e. The average molecular weight is 323 g/mol. The fraction of sp³-hybridized carbons (Fsp3) is 0.917. The largest absolute Gasteiger partial charge is 0.500 e. The van der Waals surface area contributed by atoms with E-state index in [0.29, 0.717) is 12.2 Å². The first kappa shape index (κ1) is 17.8. The Morgan fingerprint density at radius 3 is 2.25 bits per heavy atom. The zero-order valence-corrected chi connectivity index (χ0v) is 15.8. The molecule has 3 unspecified atom stereocenters. The molecule has 1 N–H and O–H groups in total. The van der Waals surface area contributed by atoms with Crippen LogP contribution in [-0.4, -0.2) is 63.3 Å². The predicted molar refractivity (Wildman–Crippen MR) is 80.2 cm³/mol. The summed E-state index contributed by atoms with van der Waals surface area (Å²) in [6, 6.07) is 0.915. The van der Waals surface area contributed by atoms with Crippen molar-refractivity contribution in [2.24, 2.45) is 5.92 Å². The van der Waals surface area contributed by atoms with Gasteiger partial charge in [-0.2, -0.15) is 0 Å². The lowest BCUT2D eigenvalue weighted by Crippen LogP contribution is -2.43. The van der Waals surface area contributed by atoms with Gasteiger partial charge in [0.25, 0.3) is 5.59 Å². The molecule has 0 aromatic heterocycles. The van der Waals surface area contributed by atoms with Crippen LogP contribution in [0.4, 0.5) is 4.79 Å². The summed E-state index contributed by atoms with van der Waals surface area (Å²) in [6.45, 7) is 0. The van der Waals surface area contributed by atoms with E-state index in [4.69, 9.17) is 27.9 Å². The topological polar surface area (TPSA) is 77.5 Å². The summed E-state index contributed by atoms with van der Waals surface area (Å²) in [4.78, 5) is 9.06. The first-order valence-corrected chi connectivity index (χ1v) is 9.90. The molecule has 1 saturated carbocycles. The summed E-state index contributed by atoms with van der Waals surface area (Å²) in [5, 5.41) is 7.48. The van der Waals surface area contributed by atoms with E-state index >= 15 is 0 Å². The third kappa shape index (κ3) is 5.62. The van der Waals surface area contributed by atoms with Gasteiger partial charge >= 0.3 is 8.80 Å². The number of ether oxygens (including phenoxy) is 1. The van der Waals surface area contributed by atoms with Crippen molar-refractivity contribution < 1.29 is 27.9 Å². The van der Waals surface area contributed by atoms with Crippen molar-refractivity contribution in [1.29, 1.82) is 0 Å². The number of hydrogen-bond donors (Lipinski definition) is 1. The van der Waals surface area contributed by atoms with Crippen LogP contribution in [0.1, 0.15) is 25.7 Å². The van der Waals surface area contributed by atoms with Crippen molar-refractivity contribution in [3.8, 4) is 0 Å². The molecule has 0 spiro atoms. The molecule has 20 heavy (non-hydrogen) atoms. The first-order chi connectivity index (χ1) is 9.46. The molecule has 1 aliphatic carbocycles. The van der Waals surface area contributed by atoms with Gasteiger partial charge in [-0.1, -0.05) is 0 Å². The van der Waals surface area contributed by atoms with Gasteiger partial charge in [-0.25, -0.2) is 0 Å². The van der Waals surface area contributed by atoms with Crippen molar-refractivity contribution in [3.05, 3.63) is 0 Å². The second-order valence-electron chi connectivity index (χ2n) is 5.25. The molecule has 1 aliphatic heterocycles. The third-order valence-corrected chi connectivity index (χ3v) is 6.67. The molecule has 2 aliphatic rings. The zero-order chi connectivity index (χ0) is 15.2. The lowest BCUT2D eigenvalue weighted by molar-refractivity contribution is 0.120. The van der Waals surface area contributed by atoms with Crippen LogP contribution in [0.15, 0.2) is 0 Å². The molecule has 0 bridgehead atoms. The minimum Gasteiger partial charge on any atom is -0.486 e. The highest BCUT2D eigenvalue weighted by molar-refractivity contribution is 6.60. The summed E-state index contributed by atoms with van der Waals surface area (Å²) in [5.41, 5.74) is -0.694. The molecular weight excluding hydrogens is 296 g/mol. The van der Waals surface area contributed by atoms with Crippen molar-refractivity contribution in [2.45, 2.75) is 43.9 Å². The van der Waals surface area contributed by atoms with Crippen LogP contribution in [0, 0.1) is 5.92 Å². The first-order valence-electron chi connectivity index (χ1n) is 6.96. The lowest BCUT2D eigenvalue weighted by atomic mass is 9.88. The maximum absolute atomic E-state index is 9.06. The highest BCUT2D eigenvalue weighted by atomic mass is 28.4. The summed E-state index contributed by atoms with van der Waals surface area (Å²) >= 11 is 0. The van der Waals surface area contributed by atoms with Crippen molar-refractivity contribution in [1.82, 2.24) is 0 Å². The molecule has 2 rings (SSSR count). The Hall–Kier alpha value is -0.256. The summed E-state index contributed by atoms with van der Waals surface area (Å²) in [5.74, 6) is 0.760. The number of carbonyl (C=O) groups is 1. The monoisotopic (exact) mass is 322 g/mol. The van der Waals surface area contributed by atoms with Gasteiger partial charge in [-0.05, 0) is 31.6 Å². The van der Waals surface area contributed by atoms with Gasteiger partial charge in [-0.3, -0.25) is 4.79 Å². The third-order valence-electron chi connectivity index (χ3n) is 3.90. The Labute approximate surface area is 124 Å². The van der Waals surface area contributed by atoms with E-state index in [1.54, 1.807) is 21.3 Å². The normalized spacial score (nSPS) is 28.2. The summed E-state index contributed by atoms with van der Waals surface area (Å²) in [6.07, 6.45) is 6.01. The Kier molecular flexibility index (Phi) is 7.34. The van der Waals surface area contributed by atoms with Crippen molar-refractivity contribution >= 4 is 24.6 Å². The molecule has 3 atom stereocenters. The van der Waals surface area contributed by atoms with Gasteiger partial charge in [0.2, 0.25) is 0 Å². The molecule has 0 aromatic rings. The van der Waals surface area contributed by atoms with Gasteiger partial charge in [0.05, 0.1) is 12.2 Å². The Balaban J connectivity index is 0.000000444. The molecule has 1 heterocycles. The van der Waals surface area contributed by atoms with Crippen molar-refractivity contribution in [2.75, 3.05) is 21.3 Å². The van der Waals surface area contributed by atoms with E-state index in [1.807, 2.05) is 0 Å². The Morgan fingerprint density at radius 1 is 1.25 bits per heavy atom. The fourth-order valence-corrected chi connectivity index (χ4v) is 4.56. The van der Waals surface area contributed by atoms with E-state index in [0.717, 1.165) is 18.4 Å². The number of carboxylic acid groups (broad SMARTS) is 1. The molecular formula is C12H26O6Si2. The van der Waals surface area contributed by atoms with E-state index in [9.17, 15) is 0 Å². The number of rotatable bonds is 6. The maximum atomic E-state index is 9.06. The number of hydrogen-bond acceptors (Lipinski definition) is 5. The van der Waals surface area contributed by atoms with Gasteiger partial charge in [-0.15, -0.1) is 0 Å². The SMILES string of the molecule is CO[Si](CCC1CCC2OC2C1)(OC)OC.O=C(O)[SiH3]. The molecule has 0 aromatic carbocycles. The maximum Gasteiger partial charge on any atom is 0.500 e. The van der Waals surface area contributed by atoms with Crippen LogP contribution in [0.25, 0.3) is 0 Å². The summed E-state index contributed by atoms with van der Waals surface area (Å²) in [7, 11) is 2.96. The van der Waals surface area contributed by atoms with E-state index < -0.39 is 14.4 Å². The van der Waals surface area contributed by atoms with Gasteiger partial charge < -0.3 is 23.1 Å². The van der Waals surface area contributed by atoms with Crippen LogP contribution in [0.3, 0.4) is 0 Å². The fourth-order valence-electron chi connectivity index (χ4n) is 2.69. The van der Waals surface area contributed by atoms with Gasteiger partial charge in [0, 0.05) is 27.4 Å². The van der Waals surface area contributed by atoms with E-state index in [1.165, 1.54) is 19.3 Å². The van der Waals surface area contributed by atoms with Crippen molar-refractivity contribution in [3.63, 3.8) is 0 Å². The summed E-state index contributed by atoms with van der Waals surface area (Å²) < 4.78 is 21.8. The standard InChI is InChI=1S/C11H22O4Si.CH4O2Si/c1-12-16(13-2,14-3)7-6-9-4-5-10-11(8-9)15-10;2-1(3)4/h9-11H,4-8H2,1-3H3;4H3,(H,2,3). The Morgan fingerprint density at radius 2 is 1.80 bits per heavy atom. The number of fused-ring (bicyclic) bond motifs is 1. The van der Waals surface area contributed by atoms with Crippen LogP contribution in [0.2, 0.25) is 6.04 Å². The van der Waals surface area contributed by atoms with E-state index in [-0.39, 0.29) is 10.2 Å². The highest BCUT2D eigenvalue weighted by Gasteiger charge is 2.45. The molecule has 8 heteroatoms. The molecule has 118 valence electrons. The quantitative estimate of drug-likeness (QED) is 0.577. The highest BCUT2D eigenvalue weighted by Crippen LogP contribution is 2.41. The lowest BCUT2D eigenvalue weighted by Gasteiger charge is -2.27.